The van der Waals surface area contributed by atoms with Crippen LogP contribution < -0.4 is 5.32 Å². The molecule has 1 aromatic heterocycles. The van der Waals surface area contributed by atoms with Crippen LogP contribution in [0.4, 0.5) is 4.39 Å². The molecule has 0 saturated carbocycles. The Labute approximate surface area is 180 Å². The summed E-state index contributed by atoms with van der Waals surface area (Å²) in [6.45, 7) is 8.60. The molecule has 2 atom stereocenters. The lowest BCUT2D eigenvalue weighted by Crippen LogP contribution is -2.62. The van der Waals surface area contributed by atoms with E-state index in [9.17, 15) is 14.0 Å². The van der Waals surface area contributed by atoms with Crippen LogP contribution in [0.5, 0.6) is 0 Å². The van der Waals surface area contributed by atoms with E-state index in [0.29, 0.717) is 24.4 Å². The summed E-state index contributed by atoms with van der Waals surface area (Å²) < 4.78 is 19.1. The molecule has 0 aliphatic carbocycles. The van der Waals surface area contributed by atoms with Gasteiger partial charge in [0.05, 0.1) is 5.02 Å². The zero-order valence-electron chi connectivity index (χ0n) is 17.6. The van der Waals surface area contributed by atoms with E-state index in [0.717, 1.165) is 6.42 Å². The molecule has 0 radical (unpaired) electrons. The normalized spacial score (nSPS) is 19.5. The first-order valence-corrected chi connectivity index (χ1v) is 10.6. The van der Waals surface area contributed by atoms with Gasteiger partial charge in [-0.2, -0.15) is 0 Å². The van der Waals surface area contributed by atoms with Gasteiger partial charge in [-0.3, -0.25) is 9.59 Å². The third-order valence-corrected chi connectivity index (χ3v) is 5.39. The standard InChI is InChI=1S/C22H27ClFN3O3/c1-12(2)7-15-11-27(19(8-13(3)4)21(28)25-15)22(29)18-10-20(30-26-18)14-5-6-16(23)17(24)9-14/h5-6,9-10,12-13,15,19H,7-8,11H2,1-4H3,(H,25,28)/t15-,19-/m0/s1. The monoisotopic (exact) mass is 435 g/mol. The summed E-state index contributed by atoms with van der Waals surface area (Å²) in [7, 11) is 0. The van der Waals surface area contributed by atoms with E-state index in [-0.39, 0.29) is 40.3 Å². The maximum absolute atomic E-state index is 13.8. The first-order chi connectivity index (χ1) is 14.2. The third kappa shape index (κ3) is 5.01. The molecule has 1 aliphatic rings. The highest BCUT2D eigenvalue weighted by atomic mass is 35.5. The van der Waals surface area contributed by atoms with Gasteiger partial charge in [-0.05, 0) is 42.9 Å². The van der Waals surface area contributed by atoms with Gasteiger partial charge in [-0.15, -0.1) is 0 Å². The Morgan fingerprint density at radius 3 is 2.60 bits per heavy atom. The summed E-state index contributed by atoms with van der Waals surface area (Å²) in [4.78, 5) is 27.6. The number of rotatable bonds is 6. The second kappa shape index (κ2) is 9.16. The van der Waals surface area contributed by atoms with Gasteiger partial charge in [0, 0.05) is 24.2 Å². The lowest BCUT2D eigenvalue weighted by molar-refractivity contribution is -0.130. The molecule has 1 aromatic carbocycles. The molecular formula is C22H27ClFN3O3. The highest BCUT2D eigenvalue weighted by molar-refractivity contribution is 6.30. The molecule has 2 amide bonds. The average Bonchev–Trinajstić information content (AvgIpc) is 3.14. The van der Waals surface area contributed by atoms with Gasteiger partial charge in [0.1, 0.15) is 11.9 Å². The van der Waals surface area contributed by atoms with Crippen LogP contribution in [-0.2, 0) is 4.79 Å². The fourth-order valence-corrected chi connectivity index (χ4v) is 3.88. The summed E-state index contributed by atoms with van der Waals surface area (Å²) in [6.07, 6.45) is 1.33. The average molecular weight is 436 g/mol. The van der Waals surface area contributed by atoms with Gasteiger partial charge >= 0.3 is 0 Å². The number of piperazine rings is 1. The van der Waals surface area contributed by atoms with Crippen molar-refractivity contribution in [2.24, 2.45) is 11.8 Å². The lowest BCUT2D eigenvalue weighted by Gasteiger charge is -2.40. The maximum atomic E-state index is 13.8. The minimum absolute atomic E-state index is 0.00150. The molecule has 6 nitrogen and oxygen atoms in total. The van der Waals surface area contributed by atoms with E-state index in [2.05, 4.69) is 24.3 Å². The molecule has 1 aliphatic heterocycles. The first kappa shape index (κ1) is 22.3. The highest BCUT2D eigenvalue weighted by Crippen LogP contribution is 2.27. The highest BCUT2D eigenvalue weighted by Gasteiger charge is 2.39. The molecule has 162 valence electrons. The van der Waals surface area contributed by atoms with Crippen molar-refractivity contribution in [1.29, 1.82) is 0 Å². The number of hydrogen-bond donors (Lipinski definition) is 1. The SMILES string of the molecule is CC(C)C[C@H]1CN(C(=O)c2cc(-c3ccc(Cl)c(F)c3)on2)[C@@H](CC(C)C)C(=O)N1. The van der Waals surface area contributed by atoms with Gasteiger partial charge in [0.2, 0.25) is 5.91 Å². The van der Waals surface area contributed by atoms with Crippen LogP contribution in [0.1, 0.15) is 51.0 Å². The van der Waals surface area contributed by atoms with Crippen molar-refractivity contribution in [3.8, 4) is 11.3 Å². The zero-order valence-corrected chi connectivity index (χ0v) is 18.4. The van der Waals surface area contributed by atoms with Crippen LogP contribution in [0.25, 0.3) is 11.3 Å². The molecule has 8 heteroatoms. The second-order valence-corrected chi connectivity index (χ2v) is 9.05. The molecule has 1 N–H and O–H groups in total. The summed E-state index contributed by atoms with van der Waals surface area (Å²) in [5.41, 5.74) is 0.517. The third-order valence-electron chi connectivity index (χ3n) is 5.09. The van der Waals surface area contributed by atoms with Gasteiger partial charge in [0.25, 0.3) is 5.91 Å². The van der Waals surface area contributed by atoms with E-state index < -0.39 is 11.9 Å². The molecule has 0 unspecified atom stereocenters. The Hall–Kier alpha value is -2.41. The first-order valence-electron chi connectivity index (χ1n) is 10.2. The van der Waals surface area contributed by atoms with E-state index in [4.69, 9.17) is 16.1 Å². The van der Waals surface area contributed by atoms with Crippen LogP contribution in [-0.4, -0.2) is 40.5 Å². The number of nitrogens with zero attached hydrogens (tertiary/aromatic N) is 2. The van der Waals surface area contributed by atoms with E-state index in [1.807, 2.05) is 13.8 Å². The van der Waals surface area contributed by atoms with E-state index in [1.54, 1.807) is 11.0 Å². The second-order valence-electron chi connectivity index (χ2n) is 8.64. The number of aromatic nitrogens is 1. The van der Waals surface area contributed by atoms with Gasteiger partial charge in [-0.1, -0.05) is 44.5 Å². The summed E-state index contributed by atoms with van der Waals surface area (Å²) in [5.74, 6) is -0.213. The summed E-state index contributed by atoms with van der Waals surface area (Å²) >= 11 is 5.73. The van der Waals surface area contributed by atoms with Crippen LogP contribution >= 0.6 is 11.6 Å². The Bertz CT molecular complexity index is 928. The zero-order chi connectivity index (χ0) is 22.0. The Morgan fingerprint density at radius 2 is 1.97 bits per heavy atom. The molecule has 30 heavy (non-hydrogen) atoms. The molecule has 1 fully saturated rings. The number of nitrogens with one attached hydrogen (secondary N) is 1. The van der Waals surface area contributed by atoms with Crippen molar-refractivity contribution in [3.63, 3.8) is 0 Å². The van der Waals surface area contributed by atoms with Crippen molar-refractivity contribution in [3.05, 3.63) is 40.8 Å². The van der Waals surface area contributed by atoms with E-state index >= 15 is 0 Å². The Morgan fingerprint density at radius 1 is 1.27 bits per heavy atom. The van der Waals surface area contributed by atoms with Crippen molar-refractivity contribution >= 4 is 23.4 Å². The van der Waals surface area contributed by atoms with Crippen LogP contribution in [0, 0.1) is 17.7 Å². The van der Waals surface area contributed by atoms with Crippen molar-refractivity contribution in [2.75, 3.05) is 6.54 Å². The van der Waals surface area contributed by atoms with Gasteiger partial charge < -0.3 is 14.7 Å². The minimum atomic E-state index is -0.584. The molecule has 1 saturated heterocycles. The smallest absolute Gasteiger partial charge is 0.276 e. The number of carbonyl (C=O) groups is 2. The lowest BCUT2D eigenvalue weighted by atomic mass is 9.94. The molecule has 3 rings (SSSR count). The Balaban J connectivity index is 1.86. The van der Waals surface area contributed by atoms with Crippen molar-refractivity contribution in [1.82, 2.24) is 15.4 Å². The van der Waals surface area contributed by atoms with Crippen LogP contribution in [0.2, 0.25) is 5.02 Å². The predicted molar refractivity (Wildman–Crippen MR) is 113 cm³/mol. The summed E-state index contributed by atoms with van der Waals surface area (Å²) in [6, 6.07) is 5.04. The summed E-state index contributed by atoms with van der Waals surface area (Å²) in [5, 5.41) is 6.94. The maximum Gasteiger partial charge on any atom is 0.276 e. The van der Waals surface area contributed by atoms with Crippen LogP contribution in [0.15, 0.2) is 28.8 Å². The molecule has 2 aromatic rings. The molecular weight excluding hydrogens is 409 g/mol. The van der Waals surface area contributed by atoms with E-state index in [1.165, 1.54) is 18.2 Å². The largest absolute Gasteiger partial charge is 0.355 e. The Kier molecular flexibility index (Phi) is 6.81. The predicted octanol–water partition coefficient (Wildman–Crippen LogP) is 4.54. The van der Waals surface area contributed by atoms with Gasteiger partial charge in [-0.25, -0.2) is 4.39 Å². The van der Waals surface area contributed by atoms with Crippen molar-refractivity contribution in [2.45, 2.75) is 52.6 Å². The number of amides is 2. The van der Waals surface area contributed by atoms with Gasteiger partial charge in [0.15, 0.2) is 11.5 Å². The molecule has 0 spiro atoms. The van der Waals surface area contributed by atoms with Crippen molar-refractivity contribution < 1.29 is 18.5 Å². The fraction of sp³-hybridized carbons (Fsp3) is 0.500. The fourth-order valence-electron chi connectivity index (χ4n) is 3.77. The quantitative estimate of drug-likeness (QED) is 0.723. The number of halogens is 2. The number of benzene rings is 1. The molecule has 0 bridgehead atoms. The molecule has 2 heterocycles. The van der Waals surface area contributed by atoms with Crippen LogP contribution in [0.3, 0.4) is 0 Å². The number of carbonyl (C=O) groups excluding carboxylic acids is 2. The number of hydrogen-bond acceptors (Lipinski definition) is 4. The topological polar surface area (TPSA) is 75.4 Å². The minimum Gasteiger partial charge on any atom is -0.355 e.